The van der Waals surface area contributed by atoms with E-state index in [1.165, 1.54) is 6.20 Å². The second-order valence-corrected chi connectivity index (χ2v) is 2.37. The van der Waals surface area contributed by atoms with Crippen LogP contribution in [0.5, 0.6) is 0 Å². The lowest BCUT2D eigenvalue weighted by Crippen LogP contribution is -2.21. The Morgan fingerprint density at radius 1 is 1.41 bits per heavy atom. The minimum Gasteiger partial charge on any atom is -0.475 e. The molecule has 0 saturated heterocycles. The minimum absolute atomic E-state index is 0.150. The smallest absolute Gasteiger partial charge is 0.475 e. The zero-order valence-electron chi connectivity index (χ0n) is 7.82. The second kappa shape index (κ2) is 5.50. The van der Waals surface area contributed by atoms with Crippen molar-refractivity contribution < 1.29 is 33.0 Å². The number of aromatic amines is 1. The van der Waals surface area contributed by atoms with Gasteiger partial charge in [0, 0.05) is 0 Å². The molecule has 3 N–H and O–H groups in total. The van der Waals surface area contributed by atoms with Gasteiger partial charge in [-0.3, -0.25) is 0 Å². The van der Waals surface area contributed by atoms with Gasteiger partial charge in [0.05, 0.1) is 6.20 Å². The number of aromatic carboxylic acids is 1. The first-order valence-electron chi connectivity index (χ1n) is 3.67. The molecule has 1 rings (SSSR count). The molecular weight excluding hydrogens is 247 g/mol. The van der Waals surface area contributed by atoms with Crippen LogP contribution in [-0.2, 0) is 4.79 Å². The first-order valence-corrected chi connectivity index (χ1v) is 3.67. The van der Waals surface area contributed by atoms with Gasteiger partial charge in [-0.1, -0.05) is 0 Å². The van der Waals surface area contributed by atoms with Gasteiger partial charge in [0.1, 0.15) is 11.8 Å². The van der Waals surface area contributed by atoms with Gasteiger partial charge >= 0.3 is 18.1 Å². The molecule has 1 aromatic rings. The number of hydrogen-bond acceptors (Lipinski definition) is 4. The first-order chi connectivity index (χ1) is 7.68. The lowest BCUT2D eigenvalue weighted by Gasteiger charge is -1.93. The van der Waals surface area contributed by atoms with Crippen molar-refractivity contribution in [1.29, 1.82) is 5.26 Å². The Morgan fingerprint density at radius 3 is 2.06 bits per heavy atom. The molecule has 0 aromatic carbocycles. The van der Waals surface area contributed by atoms with Crippen LogP contribution in [0, 0.1) is 11.3 Å². The number of hydrogen-bond donors (Lipinski definition) is 3. The fourth-order valence-corrected chi connectivity index (χ4v) is 0.487. The molecule has 0 aliphatic carbocycles. The summed E-state index contributed by atoms with van der Waals surface area (Å²) in [6, 6.07) is 1.72. The number of alkyl halides is 3. The molecule has 0 aliphatic rings. The number of carboxylic acids is 2. The number of carbonyl (C=O) groups is 2. The molecule has 0 radical (unpaired) electrons. The maximum absolute atomic E-state index is 10.6. The SMILES string of the molecule is N#Cc1cnc(C(=O)O)[nH]1.O=C(O)C(F)(F)F. The number of nitrogens with zero attached hydrogens (tertiary/aromatic N) is 2. The largest absolute Gasteiger partial charge is 0.490 e. The Morgan fingerprint density at radius 2 is 1.88 bits per heavy atom. The molecule has 0 aliphatic heterocycles. The minimum atomic E-state index is -5.08. The molecule has 0 bridgehead atoms. The maximum atomic E-state index is 10.6. The van der Waals surface area contributed by atoms with E-state index in [2.05, 4.69) is 9.97 Å². The molecule has 10 heteroatoms. The number of aromatic nitrogens is 2. The van der Waals surface area contributed by atoms with Gasteiger partial charge in [0.2, 0.25) is 5.82 Å². The summed E-state index contributed by atoms with van der Waals surface area (Å²) in [5.74, 6) is -4.13. The van der Waals surface area contributed by atoms with E-state index in [0.717, 1.165) is 0 Å². The average Bonchev–Trinajstić information content (AvgIpc) is 2.65. The Kier molecular flexibility index (Phi) is 4.67. The van der Waals surface area contributed by atoms with Crippen LogP contribution in [0.25, 0.3) is 0 Å². The van der Waals surface area contributed by atoms with E-state index in [4.69, 9.17) is 20.3 Å². The number of halogens is 3. The van der Waals surface area contributed by atoms with Crippen LogP contribution in [0.2, 0.25) is 0 Å². The summed E-state index contributed by atoms with van der Waals surface area (Å²) < 4.78 is 31.7. The molecule has 0 saturated carbocycles. The second-order valence-electron chi connectivity index (χ2n) is 2.37. The fraction of sp³-hybridized carbons (Fsp3) is 0.143. The molecule has 17 heavy (non-hydrogen) atoms. The van der Waals surface area contributed by atoms with Crippen LogP contribution in [0.4, 0.5) is 13.2 Å². The Hall–Kier alpha value is -2.57. The highest BCUT2D eigenvalue weighted by molar-refractivity contribution is 5.83. The number of H-pyrrole nitrogens is 1. The van der Waals surface area contributed by atoms with Crippen LogP contribution in [0.3, 0.4) is 0 Å². The van der Waals surface area contributed by atoms with E-state index in [0.29, 0.717) is 0 Å². The van der Waals surface area contributed by atoms with E-state index in [1.54, 1.807) is 6.07 Å². The number of rotatable bonds is 1. The number of aliphatic carboxylic acids is 1. The summed E-state index contributed by atoms with van der Waals surface area (Å²) in [4.78, 5) is 24.7. The van der Waals surface area contributed by atoms with Gasteiger partial charge in [-0.05, 0) is 0 Å². The molecule has 0 unspecified atom stereocenters. The number of nitriles is 1. The third-order valence-electron chi connectivity index (χ3n) is 1.14. The lowest BCUT2D eigenvalue weighted by molar-refractivity contribution is -0.192. The molecule has 1 aromatic heterocycles. The predicted molar refractivity (Wildman–Crippen MR) is 44.0 cm³/mol. The zero-order chi connectivity index (χ0) is 13.6. The highest BCUT2D eigenvalue weighted by Crippen LogP contribution is 2.13. The van der Waals surface area contributed by atoms with Crippen molar-refractivity contribution in [3.8, 4) is 6.07 Å². The van der Waals surface area contributed by atoms with Gasteiger partial charge in [-0.15, -0.1) is 0 Å². The molecule has 0 fully saturated rings. The summed E-state index contributed by atoms with van der Waals surface area (Å²) in [6.45, 7) is 0. The molecular formula is C7H4F3N3O4. The standard InChI is InChI=1S/C5H3N3O2.C2HF3O2/c6-1-3-2-7-4(8-3)5(9)10;3-2(4,5)1(6)7/h2H,(H,7,8)(H,9,10);(H,6,7). The summed E-state index contributed by atoms with van der Waals surface area (Å²) in [7, 11) is 0. The number of nitrogens with one attached hydrogen (secondary N) is 1. The van der Waals surface area contributed by atoms with E-state index in [-0.39, 0.29) is 11.5 Å². The van der Waals surface area contributed by atoms with Crippen molar-refractivity contribution in [3.63, 3.8) is 0 Å². The van der Waals surface area contributed by atoms with Gasteiger partial charge in [0.15, 0.2) is 0 Å². The highest BCUT2D eigenvalue weighted by Gasteiger charge is 2.38. The molecule has 1 heterocycles. The van der Waals surface area contributed by atoms with Crippen LogP contribution in [-0.4, -0.2) is 38.3 Å². The number of imidazole rings is 1. The van der Waals surface area contributed by atoms with E-state index in [9.17, 15) is 18.0 Å². The summed E-state index contributed by atoms with van der Waals surface area (Å²) in [6.07, 6.45) is -3.91. The summed E-state index contributed by atoms with van der Waals surface area (Å²) >= 11 is 0. The Labute approximate surface area is 91.1 Å². The van der Waals surface area contributed by atoms with Crippen molar-refractivity contribution in [2.45, 2.75) is 6.18 Å². The average molecular weight is 251 g/mol. The van der Waals surface area contributed by atoms with Crippen LogP contribution < -0.4 is 0 Å². The fourth-order valence-electron chi connectivity index (χ4n) is 0.487. The van der Waals surface area contributed by atoms with Gasteiger partial charge in [-0.25, -0.2) is 14.6 Å². The predicted octanol–water partition coefficient (Wildman–Crippen LogP) is 0.613. The van der Waals surface area contributed by atoms with E-state index >= 15 is 0 Å². The Bertz CT molecular complexity index is 460. The molecule has 0 atom stereocenters. The first kappa shape index (κ1) is 14.4. The third-order valence-corrected chi connectivity index (χ3v) is 1.14. The van der Waals surface area contributed by atoms with Gasteiger partial charge in [-0.2, -0.15) is 18.4 Å². The number of carboxylic acid groups (broad SMARTS) is 2. The van der Waals surface area contributed by atoms with Crippen LogP contribution >= 0.6 is 0 Å². The van der Waals surface area contributed by atoms with E-state index in [1.807, 2.05) is 0 Å². The van der Waals surface area contributed by atoms with Crippen LogP contribution in [0.1, 0.15) is 16.3 Å². The van der Waals surface area contributed by atoms with Crippen molar-refractivity contribution in [3.05, 3.63) is 17.7 Å². The molecule has 0 amide bonds. The zero-order valence-corrected chi connectivity index (χ0v) is 7.82. The Balaban J connectivity index is 0.000000325. The van der Waals surface area contributed by atoms with Crippen molar-refractivity contribution in [1.82, 2.24) is 9.97 Å². The van der Waals surface area contributed by atoms with Crippen molar-refractivity contribution >= 4 is 11.9 Å². The monoisotopic (exact) mass is 251 g/mol. The lowest BCUT2D eigenvalue weighted by atomic mass is 10.5. The van der Waals surface area contributed by atoms with Gasteiger partial charge in [0.25, 0.3) is 0 Å². The quantitative estimate of drug-likeness (QED) is 0.671. The van der Waals surface area contributed by atoms with Crippen LogP contribution in [0.15, 0.2) is 6.20 Å². The van der Waals surface area contributed by atoms with Gasteiger partial charge < -0.3 is 15.2 Å². The molecule has 7 nitrogen and oxygen atoms in total. The van der Waals surface area contributed by atoms with Crippen molar-refractivity contribution in [2.24, 2.45) is 0 Å². The molecule has 92 valence electrons. The maximum Gasteiger partial charge on any atom is 0.490 e. The highest BCUT2D eigenvalue weighted by atomic mass is 19.4. The summed E-state index contributed by atoms with van der Waals surface area (Å²) in [5, 5.41) is 23.6. The normalized spacial score (nSPS) is 9.76. The summed E-state index contributed by atoms with van der Waals surface area (Å²) in [5.41, 5.74) is 0.150. The van der Waals surface area contributed by atoms with Crippen molar-refractivity contribution in [2.75, 3.05) is 0 Å². The molecule has 0 spiro atoms. The van der Waals surface area contributed by atoms with E-state index < -0.39 is 18.1 Å². The topological polar surface area (TPSA) is 127 Å². The third kappa shape index (κ3) is 5.17.